The van der Waals surface area contributed by atoms with Gasteiger partial charge >= 0.3 is 5.69 Å². The predicted octanol–water partition coefficient (Wildman–Crippen LogP) is 2.28. The van der Waals surface area contributed by atoms with Crippen LogP contribution in [-0.2, 0) is 0 Å². The Labute approximate surface area is 112 Å². The highest BCUT2D eigenvalue weighted by molar-refractivity contribution is 5.79. The van der Waals surface area contributed by atoms with E-state index in [0.717, 1.165) is 36.2 Å². The average molecular weight is 257 g/mol. The molecule has 1 N–H and O–H groups in total. The first kappa shape index (κ1) is 12.2. The summed E-state index contributed by atoms with van der Waals surface area (Å²) in [6.07, 6.45) is 3.18. The van der Waals surface area contributed by atoms with E-state index in [9.17, 15) is 4.79 Å². The molecule has 0 saturated heterocycles. The van der Waals surface area contributed by atoms with Crippen LogP contribution in [0.4, 0.5) is 0 Å². The third-order valence-electron chi connectivity index (χ3n) is 3.77. The van der Waals surface area contributed by atoms with Crippen LogP contribution in [0.1, 0.15) is 20.3 Å². The highest BCUT2D eigenvalue weighted by atomic mass is 16.1. The van der Waals surface area contributed by atoms with Crippen molar-refractivity contribution in [2.75, 3.05) is 13.1 Å². The third-order valence-corrected chi connectivity index (χ3v) is 3.77. The molecule has 1 aromatic heterocycles. The molecule has 0 aliphatic carbocycles. The van der Waals surface area contributed by atoms with E-state index in [1.165, 1.54) is 0 Å². The topological polar surface area (TPSA) is 41.0 Å². The van der Waals surface area contributed by atoms with Crippen molar-refractivity contribution in [3.8, 4) is 0 Å². The summed E-state index contributed by atoms with van der Waals surface area (Å²) in [7, 11) is 0. The van der Waals surface area contributed by atoms with Gasteiger partial charge in [0.1, 0.15) is 0 Å². The zero-order chi connectivity index (χ0) is 13.4. The van der Waals surface area contributed by atoms with Gasteiger partial charge in [-0.2, -0.15) is 0 Å². The molecular formula is C15H19N3O. The summed E-state index contributed by atoms with van der Waals surface area (Å²) >= 11 is 0. The highest BCUT2D eigenvalue weighted by Crippen LogP contribution is 2.19. The molecule has 4 nitrogen and oxygen atoms in total. The number of imidazole rings is 1. The van der Waals surface area contributed by atoms with Gasteiger partial charge in [-0.1, -0.05) is 18.2 Å². The monoisotopic (exact) mass is 257 g/mol. The maximum Gasteiger partial charge on any atom is 0.330 e. The predicted molar refractivity (Wildman–Crippen MR) is 78.2 cm³/mol. The van der Waals surface area contributed by atoms with Crippen molar-refractivity contribution in [3.05, 3.63) is 40.8 Å². The fraction of sp³-hybridized carbons (Fsp3) is 0.400. The number of rotatable bonds is 2. The fourth-order valence-corrected chi connectivity index (χ4v) is 2.69. The summed E-state index contributed by atoms with van der Waals surface area (Å²) in [5.41, 5.74) is 2.90. The molecule has 0 bridgehead atoms. The van der Waals surface area contributed by atoms with Gasteiger partial charge in [0.05, 0.1) is 11.0 Å². The molecule has 100 valence electrons. The zero-order valence-corrected chi connectivity index (χ0v) is 11.4. The molecule has 0 atom stereocenters. The number of hydrogen-bond acceptors (Lipinski definition) is 2. The second-order valence-electron chi connectivity index (χ2n) is 5.33. The van der Waals surface area contributed by atoms with E-state index >= 15 is 0 Å². The number of fused-ring (bicyclic) bond motifs is 1. The van der Waals surface area contributed by atoms with Crippen LogP contribution in [-0.4, -0.2) is 33.6 Å². The zero-order valence-electron chi connectivity index (χ0n) is 11.4. The van der Waals surface area contributed by atoms with Gasteiger partial charge in [0, 0.05) is 24.8 Å². The van der Waals surface area contributed by atoms with Gasteiger partial charge < -0.3 is 4.98 Å². The third kappa shape index (κ3) is 2.12. The van der Waals surface area contributed by atoms with Crippen molar-refractivity contribution in [3.63, 3.8) is 0 Å². The van der Waals surface area contributed by atoms with E-state index in [2.05, 4.69) is 29.8 Å². The number of nitrogens with one attached hydrogen (secondary N) is 1. The Morgan fingerprint density at radius 1 is 1.26 bits per heavy atom. The van der Waals surface area contributed by atoms with Crippen molar-refractivity contribution in [2.45, 2.75) is 26.3 Å². The van der Waals surface area contributed by atoms with Crippen LogP contribution in [0.3, 0.4) is 0 Å². The summed E-state index contributed by atoms with van der Waals surface area (Å²) in [6.45, 7) is 6.29. The van der Waals surface area contributed by atoms with E-state index in [-0.39, 0.29) is 5.69 Å². The Morgan fingerprint density at radius 2 is 2.05 bits per heavy atom. The lowest BCUT2D eigenvalue weighted by molar-refractivity contribution is 0.244. The van der Waals surface area contributed by atoms with Crippen LogP contribution in [0.5, 0.6) is 0 Å². The molecular weight excluding hydrogens is 238 g/mol. The van der Waals surface area contributed by atoms with E-state index < -0.39 is 0 Å². The van der Waals surface area contributed by atoms with Gasteiger partial charge in [-0.25, -0.2) is 4.79 Å². The summed E-state index contributed by atoms with van der Waals surface area (Å²) in [6, 6.07) is 8.34. The fourth-order valence-electron chi connectivity index (χ4n) is 2.69. The number of para-hydroxylation sites is 2. The summed E-state index contributed by atoms with van der Waals surface area (Å²) in [5.74, 6) is 0. The lowest BCUT2D eigenvalue weighted by Gasteiger charge is -2.30. The Kier molecular flexibility index (Phi) is 3.03. The van der Waals surface area contributed by atoms with E-state index in [0.29, 0.717) is 6.04 Å². The quantitative estimate of drug-likeness (QED) is 0.896. The molecule has 0 fully saturated rings. The Balaban J connectivity index is 2.07. The molecule has 3 rings (SSSR count). The maximum absolute atomic E-state index is 12.2. The second kappa shape index (κ2) is 4.70. The van der Waals surface area contributed by atoms with Gasteiger partial charge in [0.2, 0.25) is 0 Å². The van der Waals surface area contributed by atoms with Crippen LogP contribution in [0, 0.1) is 0 Å². The van der Waals surface area contributed by atoms with Crippen molar-refractivity contribution >= 4 is 16.7 Å². The van der Waals surface area contributed by atoms with Gasteiger partial charge in [-0.15, -0.1) is 0 Å². The minimum absolute atomic E-state index is 0.0435. The van der Waals surface area contributed by atoms with Gasteiger partial charge in [-0.3, -0.25) is 9.47 Å². The van der Waals surface area contributed by atoms with E-state index in [1.54, 1.807) is 0 Å². The molecule has 0 spiro atoms. The summed E-state index contributed by atoms with van der Waals surface area (Å²) in [4.78, 5) is 17.5. The minimum atomic E-state index is -0.0435. The molecule has 1 aromatic carbocycles. The first-order valence-corrected chi connectivity index (χ1v) is 6.80. The lowest BCUT2D eigenvalue weighted by atomic mass is 10.1. The number of benzene rings is 1. The van der Waals surface area contributed by atoms with Crippen molar-refractivity contribution in [1.29, 1.82) is 0 Å². The molecule has 0 unspecified atom stereocenters. The lowest BCUT2D eigenvalue weighted by Crippen LogP contribution is -2.37. The molecule has 0 radical (unpaired) electrons. The number of aromatic amines is 1. The molecule has 1 aliphatic heterocycles. The van der Waals surface area contributed by atoms with E-state index in [1.807, 2.05) is 28.8 Å². The van der Waals surface area contributed by atoms with Gasteiger partial charge in [0.15, 0.2) is 0 Å². The Morgan fingerprint density at radius 3 is 2.84 bits per heavy atom. The number of hydrogen-bond donors (Lipinski definition) is 1. The number of H-pyrrole nitrogens is 1. The average Bonchev–Trinajstić information content (AvgIpc) is 2.74. The molecule has 0 saturated carbocycles. The number of nitrogens with zero attached hydrogens (tertiary/aromatic N) is 2. The van der Waals surface area contributed by atoms with Crippen molar-refractivity contribution in [2.24, 2.45) is 0 Å². The van der Waals surface area contributed by atoms with Crippen LogP contribution in [0.15, 0.2) is 35.1 Å². The molecule has 2 aromatic rings. The van der Waals surface area contributed by atoms with Crippen LogP contribution >= 0.6 is 0 Å². The first-order valence-electron chi connectivity index (χ1n) is 6.80. The van der Waals surface area contributed by atoms with Gasteiger partial charge in [-0.05, 0) is 32.4 Å². The SMILES string of the molecule is CC(C)N1CCC=C(n2c(=O)[nH]c3ccccc32)C1. The van der Waals surface area contributed by atoms with E-state index in [4.69, 9.17) is 0 Å². The Hall–Kier alpha value is -1.81. The summed E-state index contributed by atoms with van der Waals surface area (Å²) < 4.78 is 1.81. The second-order valence-corrected chi connectivity index (χ2v) is 5.33. The van der Waals surface area contributed by atoms with Gasteiger partial charge in [0.25, 0.3) is 0 Å². The minimum Gasteiger partial charge on any atom is -0.305 e. The molecule has 1 aliphatic rings. The standard InChI is InChI=1S/C15H19N3O/c1-11(2)17-9-5-6-12(10-17)18-14-8-4-3-7-13(14)16-15(18)19/h3-4,6-8,11H,5,9-10H2,1-2H3,(H,16,19). The van der Waals surface area contributed by atoms with Crippen LogP contribution in [0.2, 0.25) is 0 Å². The largest absolute Gasteiger partial charge is 0.330 e. The molecule has 0 amide bonds. The number of aromatic nitrogens is 2. The molecule has 4 heteroatoms. The van der Waals surface area contributed by atoms with Crippen molar-refractivity contribution in [1.82, 2.24) is 14.5 Å². The first-order chi connectivity index (χ1) is 9.16. The van der Waals surface area contributed by atoms with Crippen molar-refractivity contribution < 1.29 is 0 Å². The van der Waals surface area contributed by atoms with Crippen LogP contribution in [0.25, 0.3) is 16.7 Å². The molecule has 19 heavy (non-hydrogen) atoms. The smallest absolute Gasteiger partial charge is 0.305 e. The maximum atomic E-state index is 12.2. The van der Waals surface area contributed by atoms with Crippen LogP contribution < -0.4 is 5.69 Å². The normalized spacial score (nSPS) is 17.1. The highest BCUT2D eigenvalue weighted by Gasteiger charge is 2.19. The molecule has 2 heterocycles. The Bertz CT molecular complexity index is 678. The summed E-state index contributed by atoms with van der Waals surface area (Å²) in [5, 5.41) is 0.